The third-order valence-corrected chi connectivity index (χ3v) is 4.95. The Morgan fingerprint density at radius 1 is 0.960 bits per heavy atom. The van der Waals surface area contributed by atoms with Crippen LogP contribution in [0.25, 0.3) is 10.8 Å². The average molecular weight is 363 g/mol. The molecule has 8 heteroatoms. The molecule has 0 aromatic heterocycles. The number of benzene rings is 2. The van der Waals surface area contributed by atoms with Gasteiger partial charge < -0.3 is 10.6 Å². The second-order valence-corrected chi connectivity index (χ2v) is 7.15. The van der Waals surface area contributed by atoms with E-state index in [2.05, 4.69) is 15.4 Å². The van der Waals surface area contributed by atoms with E-state index in [0.29, 0.717) is 6.54 Å². The van der Waals surface area contributed by atoms with Gasteiger partial charge in [0.15, 0.2) is 0 Å². The van der Waals surface area contributed by atoms with E-state index in [1.165, 1.54) is 6.07 Å². The fraction of sp³-hybridized carbons (Fsp3) is 0.294. The number of carbonyl (C=O) groups is 2. The van der Waals surface area contributed by atoms with Crippen LogP contribution >= 0.6 is 0 Å². The highest BCUT2D eigenvalue weighted by Crippen LogP contribution is 2.18. The highest BCUT2D eigenvalue weighted by Gasteiger charge is 2.14. The molecule has 0 radical (unpaired) electrons. The van der Waals surface area contributed by atoms with Gasteiger partial charge in [-0.15, -0.1) is 0 Å². The second kappa shape index (κ2) is 8.59. The lowest BCUT2D eigenvalue weighted by Crippen LogP contribution is -2.38. The number of amides is 2. The normalized spacial score (nSPS) is 11.2. The minimum Gasteiger partial charge on any atom is -0.355 e. The van der Waals surface area contributed by atoms with Crippen molar-refractivity contribution >= 4 is 32.6 Å². The van der Waals surface area contributed by atoms with Gasteiger partial charge in [-0.25, -0.2) is 13.1 Å². The molecule has 0 aliphatic heterocycles. The summed E-state index contributed by atoms with van der Waals surface area (Å²) in [5.41, 5.74) is 0. The first-order valence-corrected chi connectivity index (χ1v) is 9.42. The van der Waals surface area contributed by atoms with Gasteiger partial charge in [-0.05, 0) is 29.8 Å². The minimum atomic E-state index is -3.70. The second-order valence-electron chi connectivity index (χ2n) is 5.39. The molecule has 134 valence electrons. The third kappa shape index (κ3) is 5.54. The van der Waals surface area contributed by atoms with E-state index in [9.17, 15) is 18.0 Å². The first-order chi connectivity index (χ1) is 11.9. The molecular formula is C17H21N3O4S. The van der Waals surface area contributed by atoms with Crippen LogP contribution in [0.1, 0.15) is 13.3 Å². The van der Waals surface area contributed by atoms with Crippen LogP contribution in [-0.4, -0.2) is 39.9 Å². The predicted octanol–water partition coefficient (Wildman–Crippen LogP) is 0.761. The zero-order valence-corrected chi connectivity index (χ0v) is 14.7. The van der Waals surface area contributed by atoms with Crippen molar-refractivity contribution in [3.05, 3.63) is 42.5 Å². The molecule has 0 bridgehead atoms. The zero-order valence-electron chi connectivity index (χ0n) is 13.9. The summed E-state index contributed by atoms with van der Waals surface area (Å²) in [4.78, 5) is 23.0. The lowest BCUT2D eigenvalue weighted by atomic mass is 10.1. The first-order valence-electron chi connectivity index (χ1n) is 7.94. The Labute approximate surface area is 146 Å². The van der Waals surface area contributed by atoms with Crippen LogP contribution in [0.3, 0.4) is 0 Å². The fourth-order valence-electron chi connectivity index (χ4n) is 2.24. The monoisotopic (exact) mass is 363 g/mol. The molecule has 7 nitrogen and oxygen atoms in total. The predicted molar refractivity (Wildman–Crippen MR) is 95.4 cm³/mol. The molecule has 3 N–H and O–H groups in total. The maximum absolute atomic E-state index is 12.3. The zero-order chi connectivity index (χ0) is 18.3. The van der Waals surface area contributed by atoms with Crippen molar-refractivity contribution in [1.29, 1.82) is 0 Å². The van der Waals surface area contributed by atoms with Crippen molar-refractivity contribution in [2.45, 2.75) is 18.2 Å². The quantitative estimate of drug-likeness (QED) is 0.644. The topological polar surface area (TPSA) is 104 Å². The average Bonchev–Trinajstić information content (AvgIpc) is 2.59. The van der Waals surface area contributed by atoms with Crippen LogP contribution in [-0.2, 0) is 19.6 Å². The van der Waals surface area contributed by atoms with Crippen molar-refractivity contribution in [3.63, 3.8) is 0 Å². The van der Waals surface area contributed by atoms with E-state index in [4.69, 9.17) is 0 Å². The lowest BCUT2D eigenvalue weighted by molar-refractivity contribution is -0.125. The highest BCUT2D eigenvalue weighted by molar-refractivity contribution is 7.89. The lowest BCUT2D eigenvalue weighted by Gasteiger charge is -2.08. The Kier molecular flexibility index (Phi) is 6.49. The summed E-state index contributed by atoms with van der Waals surface area (Å²) in [6.07, 6.45) is -0.0494. The van der Waals surface area contributed by atoms with Gasteiger partial charge in [-0.3, -0.25) is 9.59 Å². The van der Waals surface area contributed by atoms with E-state index in [0.717, 1.165) is 10.8 Å². The fourth-order valence-corrected chi connectivity index (χ4v) is 3.31. The molecular weight excluding hydrogens is 342 g/mol. The van der Waals surface area contributed by atoms with E-state index in [1.807, 2.05) is 24.3 Å². The van der Waals surface area contributed by atoms with Crippen LogP contribution in [0, 0.1) is 0 Å². The van der Waals surface area contributed by atoms with Gasteiger partial charge in [-0.1, -0.05) is 30.3 Å². The maximum Gasteiger partial charge on any atom is 0.240 e. The summed E-state index contributed by atoms with van der Waals surface area (Å²) in [6.45, 7) is 2.10. The Morgan fingerprint density at radius 3 is 2.40 bits per heavy atom. The summed E-state index contributed by atoms with van der Waals surface area (Å²) in [7, 11) is -3.70. The Bertz CT molecular complexity index is 865. The number of likely N-dealkylation sites (N-methyl/N-ethyl adjacent to an activating group) is 1. The van der Waals surface area contributed by atoms with E-state index in [1.54, 1.807) is 19.1 Å². The highest BCUT2D eigenvalue weighted by atomic mass is 32.2. The van der Waals surface area contributed by atoms with Crippen molar-refractivity contribution in [1.82, 2.24) is 15.4 Å². The standard InChI is InChI=1S/C17H21N3O4S/c1-2-18-17(22)12-19-16(21)9-10-20-25(23,24)15-8-7-13-5-3-4-6-14(13)11-15/h3-8,11,20H,2,9-10,12H2,1H3,(H,18,22)(H,19,21). The number of hydrogen-bond donors (Lipinski definition) is 3. The molecule has 0 saturated heterocycles. The summed E-state index contributed by atoms with van der Waals surface area (Å²) in [5.74, 6) is -0.681. The molecule has 0 saturated carbocycles. The van der Waals surface area contributed by atoms with Crippen LogP contribution < -0.4 is 15.4 Å². The third-order valence-electron chi connectivity index (χ3n) is 3.50. The molecule has 0 fully saturated rings. The molecule has 25 heavy (non-hydrogen) atoms. The molecule has 0 unspecified atom stereocenters. The van der Waals surface area contributed by atoms with E-state index < -0.39 is 15.9 Å². The Hall–Kier alpha value is -2.45. The summed E-state index contributed by atoms with van der Waals surface area (Å²) in [5, 5.41) is 6.76. The molecule has 2 aromatic rings. The largest absolute Gasteiger partial charge is 0.355 e. The van der Waals surface area contributed by atoms with Crippen LogP contribution in [0.15, 0.2) is 47.4 Å². The molecule has 0 heterocycles. The minimum absolute atomic E-state index is 0.0452. The van der Waals surface area contributed by atoms with Gasteiger partial charge in [0.25, 0.3) is 0 Å². The SMILES string of the molecule is CCNC(=O)CNC(=O)CCNS(=O)(=O)c1ccc2ccccc2c1. The van der Waals surface area contributed by atoms with Crippen molar-refractivity contribution in [2.24, 2.45) is 0 Å². The first kappa shape index (κ1) is 18.9. The van der Waals surface area contributed by atoms with Gasteiger partial charge in [0.1, 0.15) is 0 Å². The Balaban J connectivity index is 1.88. The Morgan fingerprint density at radius 2 is 1.68 bits per heavy atom. The molecule has 2 aromatic carbocycles. The maximum atomic E-state index is 12.3. The summed E-state index contributed by atoms with van der Waals surface area (Å²) in [6, 6.07) is 12.3. The molecule has 2 rings (SSSR count). The number of fused-ring (bicyclic) bond motifs is 1. The van der Waals surface area contributed by atoms with Crippen molar-refractivity contribution in [3.8, 4) is 0 Å². The van der Waals surface area contributed by atoms with Crippen LogP contribution in [0.2, 0.25) is 0 Å². The van der Waals surface area contributed by atoms with Gasteiger partial charge in [0, 0.05) is 19.5 Å². The molecule has 0 atom stereocenters. The molecule has 2 amide bonds. The van der Waals surface area contributed by atoms with E-state index in [-0.39, 0.29) is 30.3 Å². The molecule has 0 spiro atoms. The smallest absolute Gasteiger partial charge is 0.240 e. The van der Waals surface area contributed by atoms with Gasteiger partial charge in [0.05, 0.1) is 11.4 Å². The van der Waals surface area contributed by atoms with Gasteiger partial charge in [-0.2, -0.15) is 0 Å². The summed E-state index contributed by atoms with van der Waals surface area (Å²) >= 11 is 0. The van der Waals surface area contributed by atoms with Crippen molar-refractivity contribution < 1.29 is 18.0 Å². The van der Waals surface area contributed by atoms with Crippen LogP contribution in [0.4, 0.5) is 0 Å². The molecule has 0 aliphatic carbocycles. The van der Waals surface area contributed by atoms with Crippen LogP contribution in [0.5, 0.6) is 0 Å². The number of hydrogen-bond acceptors (Lipinski definition) is 4. The number of carbonyl (C=O) groups excluding carboxylic acids is 2. The van der Waals surface area contributed by atoms with E-state index >= 15 is 0 Å². The van der Waals surface area contributed by atoms with Gasteiger partial charge in [0.2, 0.25) is 21.8 Å². The summed E-state index contributed by atoms with van der Waals surface area (Å²) < 4.78 is 27.0. The van der Waals surface area contributed by atoms with Gasteiger partial charge >= 0.3 is 0 Å². The van der Waals surface area contributed by atoms with Crippen molar-refractivity contribution in [2.75, 3.05) is 19.6 Å². The molecule has 0 aliphatic rings. The number of sulfonamides is 1. The number of rotatable bonds is 8. The number of nitrogens with one attached hydrogen (secondary N) is 3.